The summed E-state index contributed by atoms with van der Waals surface area (Å²) < 4.78 is 8.93. The minimum absolute atomic E-state index is 0.320. The predicted molar refractivity (Wildman–Crippen MR) is 162 cm³/mol. The van der Waals surface area contributed by atoms with Crippen molar-refractivity contribution in [2.24, 2.45) is 4.51 Å². The molecule has 202 valence electrons. The van der Waals surface area contributed by atoms with Gasteiger partial charge in [0, 0.05) is 18.0 Å². The highest BCUT2D eigenvalue weighted by molar-refractivity contribution is 6.14. The normalized spacial score (nSPS) is 12.9. The number of hydrogen-bond donors (Lipinski definition) is 0. The van der Waals surface area contributed by atoms with E-state index in [4.69, 9.17) is 16.8 Å². The van der Waals surface area contributed by atoms with Crippen molar-refractivity contribution in [2.45, 2.75) is 98.8 Å². The molecule has 0 bridgehead atoms. The molecule has 0 amide bonds. The van der Waals surface area contributed by atoms with Crippen LogP contribution in [0.4, 0.5) is 0 Å². The fourth-order valence-electron chi connectivity index (χ4n) is 5.49. The fourth-order valence-corrected chi connectivity index (χ4v) is 5.64. The Morgan fingerprint density at radius 3 is 1.58 bits per heavy atom. The minimum Gasteiger partial charge on any atom is -0.275 e. The topological polar surface area (TPSA) is 35.1 Å². The van der Waals surface area contributed by atoms with Crippen LogP contribution in [0.2, 0.25) is 0 Å². The van der Waals surface area contributed by atoms with Gasteiger partial charge in [-0.3, -0.25) is 9.13 Å². The number of rotatable bonds is 7. The average Bonchev–Trinajstić information content (AvgIpc) is 3.20. The third-order valence-electron chi connectivity index (χ3n) is 7.59. The van der Waals surface area contributed by atoms with Gasteiger partial charge in [0.25, 0.3) is 0 Å². The van der Waals surface area contributed by atoms with E-state index in [0.29, 0.717) is 35.2 Å². The van der Waals surface area contributed by atoms with Gasteiger partial charge in [0.05, 0.1) is 16.9 Å². The van der Waals surface area contributed by atoms with E-state index >= 15 is 0 Å². The first-order valence-corrected chi connectivity index (χ1v) is 14.4. The molecule has 0 saturated carbocycles. The molecule has 0 spiro atoms. The molecule has 0 aliphatic carbocycles. The summed E-state index contributed by atoms with van der Waals surface area (Å²) in [4.78, 5) is 4.93. The van der Waals surface area contributed by atoms with Crippen molar-refractivity contribution >= 4 is 22.9 Å². The molecule has 0 aliphatic rings. The van der Waals surface area contributed by atoms with E-state index in [0.717, 1.165) is 16.9 Å². The molecule has 0 unspecified atom stereocenters. The molecule has 4 rings (SSSR count). The van der Waals surface area contributed by atoms with Crippen LogP contribution in [-0.2, 0) is 0 Å². The first-order valence-electron chi connectivity index (χ1n) is 14.0. The van der Waals surface area contributed by atoms with E-state index in [1.54, 1.807) is 0 Å². The molecule has 4 nitrogen and oxygen atoms in total. The SMILES string of the molecule is CC(C)c1cc(C(C)C)c(-n2c(=NCl)n(-c3c(C(C)C)cccc3C(C)C)c3ncccc32)c(C(C)C)c1. The van der Waals surface area contributed by atoms with Crippen molar-refractivity contribution in [1.29, 1.82) is 0 Å². The number of halogens is 1. The number of benzene rings is 2. The van der Waals surface area contributed by atoms with Crippen LogP contribution in [0.3, 0.4) is 0 Å². The van der Waals surface area contributed by atoms with E-state index in [-0.39, 0.29) is 0 Å². The maximum Gasteiger partial charge on any atom is 0.233 e. The smallest absolute Gasteiger partial charge is 0.233 e. The van der Waals surface area contributed by atoms with E-state index in [9.17, 15) is 0 Å². The summed E-state index contributed by atoms with van der Waals surface area (Å²) >= 11 is 6.57. The van der Waals surface area contributed by atoms with Crippen molar-refractivity contribution < 1.29 is 0 Å². The second kappa shape index (κ2) is 11.1. The lowest BCUT2D eigenvalue weighted by Gasteiger charge is -2.24. The molecule has 0 N–H and O–H groups in total. The number of pyridine rings is 1. The fraction of sp³-hybridized carbons (Fsp3) is 0.455. The Kier molecular flexibility index (Phi) is 8.23. The van der Waals surface area contributed by atoms with Crippen molar-refractivity contribution in [3.8, 4) is 11.4 Å². The maximum atomic E-state index is 6.57. The predicted octanol–water partition coefficient (Wildman–Crippen LogP) is 9.49. The highest BCUT2D eigenvalue weighted by Gasteiger charge is 2.26. The minimum atomic E-state index is 0.320. The first kappa shape index (κ1) is 28.2. The molecule has 2 aromatic heterocycles. The quantitative estimate of drug-likeness (QED) is 0.234. The summed E-state index contributed by atoms with van der Waals surface area (Å²) in [6.07, 6.45) is 1.86. The Hall–Kier alpha value is -2.85. The zero-order valence-corrected chi connectivity index (χ0v) is 25.4. The Balaban J connectivity index is 2.28. The lowest BCUT2D eigenvalue weighted by molar-refractivity contribution is 0.763. The number of aromatic nitrogens is 3. The van der Waals surface area contributed by atoms with Crippen molar-refractivity contribution in [3.63, 3.8) is 0 Å². The Bertz CT molecular complexity index is 1460. The average molecular weight is 531 g/mol. The summed E-state index contributed by atoms with van der Waals surface area (Å²) in [5.41, 5.74) is 11.3. The van der Waals surface area contributed by atoms with E-state index < -0.39 is 0 Å². The molecule has 5 heteroatoms. The number of nitrogens with zero attached hydrogens (tertiary/aromatic N) is 4. The van der Waals surface area contributed by atoms with Gasteiger partial charge in [-0.2, -0.15) is 0 Å². The molecule has 0 fully saturated rings. The second-order valence-corrected chi connectivity index (χ2v) is 12.2. The Labute approximate surface area is 233 Å². The van der Waals surface area contributed by atoms with Crippen molar-refractivity contribution in [1.82, 2.24) is 14.1 Å². The molecular formula is C33H43ClN4. The largest absolute Gasteiger partial charge is 0.275 e. The Morgan fingerprint density at radius 1 is 0.632 bits per heavy atom. The highest BCUT2D eigenvalue weighted by atomic mass is 35.5. The van der Waals surface area contributed by atoms with Gasteiger partial charge in [0.15, 0.2) is 5.65 Å². The standard InChI is InChI=1S/C33H43ClN4/c1-19(2)24-17-27(22(7)8)31(28(18-24)23(9)10)37-29-15-12-16-35-32(29)38(33(37)36-34)30-25(20(3)4)13-11-14-26(30)21(5)6/h11-23H,1-10H3. The molecule has 0 radical (unpaired) electrons. The van der Waals surface area contributed by atoms with Crippen LogP contribution in [0.5, 0.6) is 0 Å². The number of para-hydroxylation sites is 1. The van der Waals surface area contributed by atoms with Crippen LogP contribution in [-0.4, -0.2) is 14.1 Å². The lowest BCUT2D eigenvalue weighted by atomic mass is 9.87. The van der Waals surface area contributed by atoms with E-state index in [1.165, 1.54) is 33.5 Å². The number of imidazole rings is 1. The van der Waals surface area contributed by atoms with Gasteiger partial charge in [-0.1, -0.05) is 99.6 Å². The first-order chi connectivity index (χ1) is 18.0. The molecule has 2 heterocycles. The lowest BCUT2D eigenvalue weighted by Crippen LogP contribution is -2.27. The van der Waals surface area contributed by atoms with Crippen LogP contribution in [0.15, 0.2) is 53.2 Å². The van der Waals surface area contributed by atoms with Crippen LogP contribution < -0.4 is 5.62 Å². The van der Waals surface area contributed by atoms with Gasteiger partial charge in [-0.05, 0) is 69.5 Å². The van der Waals surface area contributed by atoms with E-state index in [2.05, 4.69) is 119 Å². The Morgan fingerprint density at radius 2 is 1.13 bits per heavy atom. The van der Waals surface area contributed by atoms with Gasteiger partial charge in [-0.25, -0.2) is 4.98 Å². The van der Waals surface area contributed by atoms with Gasteiger partial charge in [-0.15, -0.1) is 4.51 Å². The molecule has 2 aromatic carbocycles. The van der Waals surface area contributed by atoms with E-state index in [1.807, 2.05) is 12.3 Å². The second-order valence-electron chi connectivity index (χ2n) is 12.0. The summed E-state index contributed by atoms with van der Waals surface area (Å²) in [6.45, 7) is 22.6. The molecule has 4 aromatic rings. The van der Waals surface area contributed by atoms with Crippen LogP contribution in [0.25, 0.3) is 22.5 Å². The molecule has 0 saturated heterocycles. The highest BCUT2D eigenvalue weighted by Crippen LogP contribution is 2.37. The zero-order chi connectivity index (χ0) is 27.9. The summed E-state index contributed by atoms with van der Waals surface area (Å²) in [7, 11) is 0. The van der Waals surface area contributed by atoms with Crippen molar-refractivity contribution in [3.05, 3.63) is 82.1 Å². The molecular weight excluding hydrogens is 488 g/mol. The molecule has 38 heavy (non-hydrogen) atoms. The summed E-state index contributed by atoms with van der Waals surface area (Å²) in [5.74, 6) is 1.73. The maximum absolute atomic E-state index is 6.57. The number of hydrogen-bond acceptors (Lipinski definition) is 2. The molecule has 0 atom stereocenters. The third kappa shape index (κ3) is 4.84. The van der Waals surface area contributed by atoms with Gasteiger partial charge >= 0.3 is 0 Å². The van der Waals surface area contributed by atoms with Gasteiger partial charge in [0.1, 0.15) is 0 Å². The van der Waals surface area contributed by atoms with Crippen LogP contribution >= 0.6 is 11.8 Å². The monoisotopic (exact) mass is 530 g/mol. The van der Waals surface area contributed by atoms with Gasteiger partial charge in [0.2, 0.25) is 5.62 Å². The van der Waals surface area contributed by atoms with Crippen LogP contribution in [0.1, 0.15) is 127 Å². The third-order valence-corrected chi connectivity index (χ3v) is 7.74. The van der Waals surface area contributed by atoms with Crippen LogP contribution in [0, 0.1) is 0 Å². The van der Waals surface area contributed by atoms with Gasteiger partial charge < -0.3 is 0 Å². The summed E-state index contributed by atoms with van der Waals surface area (Å²) in [6, 6.07) is 15.5. The summed E-state index contributed by atoms with van der Waals surface area (Å²) in [5, 5.41) is 0. The molecule has 0 aliphatic heterocycles. The van der Waals surface area contributed by atoms with Crippen molar-refractivity contribution in [2.75, 3.05) is 0 Å². The zero-order valence-electron chi connectivity index (χ0n) is 24.7. The number of fused-ring (bicyclic) bond motifs is 1.